The van der Waals surface area contributed by atoms with E-state index in [1.54, 1.807) is 0 Å². The summed E-state index contributed by atoms with van der Waals surface area (Å²) >= 11 is 0. The third-order valence-corrected chi connectivity index (χ3v) is 1.25. The molecule has 0 aliphatic carbocycles. The zero-order valence-electron chi connectivity index (χ0n) is 15.9. The van der Waals surface area contributed by atoms with Crippen molar-refractivity contribution in [2.24, 2.45) is 0 Å². The van der Waals surface area contributed by atoms with Crippen molar-refractivity contribution in [2.75, 3.05) is 0 Å². The maximum absolute atomic E-state index is 10.1. The number of carboxylic acid groups (broad SMARTS) is 3. The number of phosphoric acid groups is 3. The molecule has 0 radical (unpaired) electrons. The number of hydrogen-bond acceptors (Lipinski definition) is 10. The summed E-state index contributed by atoms with van der Waals surface area (Å²) < 4.78 is 26.6. The third kappa shape index (κ3) is 89.3. The number of hydrogen-bond donors (Lipinski definition) is 10. The van der Waals surface area contributed by atoms with Crippen molar-refractivity contribution in [1.82, 2.24) is 0 Å². The largest absolute Gasteiger partial charge is 1.00 e. The Labute approximate surface area is 238 Å². The third-order valence-electron chi connectivity index (χ3n) is 1.25. The monoisotopic (exact) mass is 552 g/mol. The molecule has 0 aromatic heterocycles. The van der Waals surface area contributed by atoms with Gasteiger partial charge in [0.25, 0.3) is 0 Å². The summed E-state index contributed by atoms with van der Waals surface area (Å²) in [4.78, 5) is 94.7. The van der Waals surface area contributed by atoms with Gasteiger partial charge in [0, 0.05) is 24.8 Å². The molecule has 0 aromatic carbocycles. The van der Waals surface area contributed by atoms with Crippen LogP contribution in [0.3, 0.4) is 0 Å². The number of carbonyl (C=O) groups excluding carboxylic acids is 3. The average Bonchev–Trinajstić information content (AvgIpc) is 2.17. The van der Waals surface area contributed by atoms with Crippen LogP contribution < -0.4 is 104 Å². The van der Waals surface area contributed by atoms with Gasteiger partial charge in [-0.25, -0.2) is 13.7 Å². The van der Waals surface area contributed by atoms with Crippen LogP contribution >= 0.6 is 23.5 Å². The minimum absolute atomic E-state index is 0. The standard InChI is InChI=1S/C6H8O7.3Na.3H3O4P/c7-3(8)1-6(13,5(11)12)2-4(9)10;;;;3*1-5(2,3)4/h13H,1-2H2,(H,7,8)(H,9,10)(H,11,12);;;;3*(H3,1,2,3,4)/q;3*+1;;;/p-3. The molecule has 0 bridgehead atoms. The fraction of sp³-hybridized carbons (Fsp3) is 0.500. The van der Waals surface area contributed by atoms with Gasteiger partial charge in [0.2, 0.25) is 0 Å². The maximum Gasteiger partial charge on any atom is 1.00 e. The molecule has 0 aliphatic rings. The molecule has 0 saturated carbocycles. The van der Waals surface area contributed by atoms with E-state index in [4.69, 9.17) is 62.8 Å². The van der Waals surface area contributed by atoms with Gasteiger partial charge in [-0.1, -0.05) is 0 Å². The first kappa shape index (κ1) is 49.8. The molecular formula is C6H14Na3O19P3. The Kier molecular flexibility index (Phi) is 35.6. The Morgan fingerprint density at radius 3 is 0.774 bits per heavy atom. The Hall–Kier alpha value is 1.70. The Morgan fingerprint density at radius 1 is 0.581 bits per heavy atom. The summed E-state index contributed by atoms with van der Waals surface area (Å²) in [6, 6.07) is 0. The number of aliphatic carboxylic acids is 3. The fourth-order valence-electron chi connectivity index (χ4n) is 0.684. The first-order valence-electron chi connectivity index (χ1n) is 5.46. The van der Waals surface area contributed by atoms with E-state index < -0.39 is 59.8 Å². The molecule has 25 heteroatoms. The molecule has 0 aliphatic heterocycles. The van der Waals surface area contributed by atoms with Gasteiger partial charge in [-0.3, -0.25) is 0 Å². The Morgan fingerprint density at radius 2 is 0.710 bits per heavy atom. The molecule has 0 fully saturated rings. The summed E-state index contributed by atoms with van der Waals surface area (Å²) in [5.74, 6) is -5.98. The average molecular weight is 552 g/mol. The molecule has 31 heavy (non-hydrogen) atoms. The molecule has 0 rings (SSSR count). The van der Waals surface area contributed by atoms with Crippen LogP contribution in [0.5, 0.6) is 0 Å². The van der Waals surface area contributed by atoms with Gasteiger partial charge in [-0.15, -0.1) is 0 Å². The van der Waals surface area contributed by atoms with Gasteiger partial charge in [-0.05, 0) is 0 Å². The van der Waals surface area contributed by atoms with Crippen LogP contribution in [0.1, 0.15) is 12.8 Å². The van der Waals surface area contributed by atoms with Crippen LogP contribution in [0.4, 0.5) is 0 Å². The van der Waals surface area contributed by atoms with Gasteiger partial charge in [-0.2, -0.15) is 0 Å². The summed E-state index contributed by atoms with van der Waals surface area (Å²) in [5.41, 5.74) is -2.97. The molecule has 0 spiro atoms. The maximum atomic E-state index is 10.1. The second-order valence-corrected chi connectivity index (χ2v) is 7.04. The number of aliphatic hydroxyl groups is 1. The molecule has 0 aromatic rings. The smallest absolute Gasteiger partial charge is 0.550 e. The molecule has 0 saturated heterocycles. The Bertz CT molecular complexity index is 560. The van der Waals surface area contributed by atoms with E-state index >= 15 is 0 Å². The van der Waals surface area contributed by atoms with E-state index in [9.17, 15) is 29.7 Å². The second-order valence-electron chi connectivity index (χ2n) is 3.96. The summed E-state index contributed by atoms with van der Waals surface area (Å²) in [5, 5.41) is 38.9. The van der Waals surface area contributed by atoms with Crippen molar-refractivity contribution in [3.63, 3.8) is 0 Å². The predicted octanol–water partition coefficient (Wildman–Crippen LogP) is -17.0. The van der Waals surface area contributed by atoms with Crippen LogP contribution in [0.25, 0.3) is 0 Å². The fourth-order valence-corrected chi connectivity index (χ4v) is 0.684. The number of rotatable bonds is 5. The molecule has 0 atom stereocenters. The molecule has 0 amide bonds. The van der Waals surface area contributed by atoms with Crippen molar-refractivity contribution >= 4 is 41.4 Å². The molecule has 0 unspecified atom stereocenters. The van der Waals surface area contributed by atoms with E-state index in [1.807, 2.05) is 0 Å². The molecule has 10 N–H and O–H groups in total. The molecule has 0 heterocycles. The second kappa shape index (κ2) is 22.2. The van der Waals surface area contributed by atoms with Gasteiger partial charge in [0.15, 0.2) is 0 Å². The zero-order valence-corrected chi connectivity index (χ0v) is 24.6. The van der Waals surface area contributed by atoms with Crippen LogP contribution in [-0.2, 0) is 28.1 Å². The van der Waals surface area contributed by atoms with E-state index in [1.165, 1.54) is 0 Å². The van der Waals surface area contributed by atoms with E-state index in [0.29, 0.717) is 0 Å². The summed E-state index contributed by atoms with van der Waals surface area (Å²) in [7, 11) is -13.9. The molecule has 170 valence electrons. The summed E-state index contributed by atoms with van der Waals surface area (Å²) in [6.45, 7) is 0. The zero-order chi connectivity index (χ0) is 24.1. The predicted molar refractivity (Wildman–Crippen MR) is 72.0 cm³/mol. The van der Waals surface area contributed by atoms with Gasteiger partial charge in [0.05, 0.1) is 5.97 Å². The number of carboxylic acids is 3. The van der Waals surface area contributed by atoms with Crippen LogP contribution in [0.2, 0.25) is 0 Å². The van der Waals surface area contributed by atoms with E-state index in [-0.39, 0.29) is 88.7 Å². The molecular weight excluding hydrogens is 538 g/mol. The van der Waals surface area contributed by atoms with E-state index in [0.717, 1.165) is 0 Å². The van der Waals surface area contributed by atoms with Crippen molar-refractivity contribution in [2.45, 2.75) is 18.4 Å². The van der Waals surface area contributed by atoms with Crippen LogP contribution in [-0.4, -0.2) is 72.7 Å². The first-order chi connectivity index (χ1) is 11.8. The summed E-state index contributed by atoms with van der Waals surface area (Å²) in [6.07, 6.45) is -2.72. The van der Waals surface area contributed by atoms with Crippen LogP contribution in [0.15, 0.2) is 0 Å². The SMILES string of the molecule is O=C([O-])CC(O)(CC(=O)[O-])C(=O)[O-].O=P(O)(O)O.O=P(O)(O)O.O=P(O)(O)O.[Na+].[Na+].[Na+]. The van der Waals surface area contributed by atoms with Gasteiger partial charge in [0.1, 0.15) is 5.60 Å². The van der Waals surface area contributed by atoms with Crippen molar-refractivity contribution in [1.29, 1.82) is 0 Å². The quantitative estimate of drug-likeness (QED) is 0.112. The first-order valence-corrected chi connectivity index (χ1v) is 10.2. The normalized spacial score (nSPS) is 10.3. The Balaban J connectivity index is -0.0000000542. The minimum Gasteiger partial charge on any atom is -0.550 e. The topological polar surface area (TPSA) is 374 Å². The van der Waals surface area contributed by atoms with Crippen molar-refractivity contribution in [3.8, 4) is 0 Å². The van der Waals surface area contributed by atoms with E-state index in [2.05, 4.69) is 0 Å². The van der Waals surface area contributed by atoms with Gasteiger partial charge >= 0.3 is 112 Å². The number of carbonyl (C=O) groups is 3. The molecule has 19 nitrogen and oxygen atoms in total. The minimum atomic E-state index is -4.64. The van der Waals surface area contributed by atoms with Crippen molar-refractivity contribution in [3.05, 3.63) is 0 Å². The van der Waals surface area contributed by atoms with Gasteiger partial charge < -0.3 is 78.9 Å². The van der Waals surface area contributed by atoms with Crippen LogP contribution in [0, 0.1) is 0 Å². The van der Waals surface area contributed by atoms with Crippen molar-refractivity contribution < 1.29 is 181 Å².